The van der Waals surface area contributed by atoms with Crippen molar-refractivity contribution >= 4 is 17.8 Å². The normalized spacial score (nSPS) is 11.2. The molecule has 0 fully saturated rings. The van der Waals surface area contributed by atoms with E-state index in [4.69, 9.17) is 9.47 Å². The summed E-state index contributed by atoms with van der Waals surface area (Å²) in [6.45, 7) is 2.13. The molecule has 0 radical (unpaired) electrons. The van der Waals surface area contributed by atoms with Crippen LogP contribution in [-0.4, -0.2) is 38.3 Å². The topological polar surface area (TPSA) is 73.9 Å². The molecule has 2 aromatic rings. The van der Waals surface area contributed by atoms with Gasteiger partial charge in [-0.15, -0.1) is 13.2 Å². The molecule has 0 spiro atoms. The van der Waals surface area contributed by atoms with Crippen LogP contribution in [0.2, 0.25) is 0 Å². The number of benzene rings is 2. The quantitative estimate of drug-likeness (QED) is 0.488. The fourth-order valence-corrected chi connectivity index (χ4v) is 2.39. The summed E-state index contributed by atoms with van der Waals surface area (Å²) < 4.78 is 51.0. The van der Waals surface area contributed by atoms with Gasteiger partial charge in [0.2, 0.25) is 0 Å². The predicted molar refractivity (Wildman–Crippen MR) is 104 cm³/mol. The van der Waals surface area contributed by atoms with E-state index < -0.39 is 17.9 Å². The van der Waals surface area contributed by atoms with Crippen molar-refractivity contribution in [3.05, 3.63) is 59.7 Å². The first-order chi connectivity index (χ1) is 14.2. The highest BCUT2D eigenvalue weighted by Crippen LogP contribution is 2.28. The lowest BCUT2D eigenvalue weighted by Gasteiger charge is -2.11. The molecule has 1 amide bonds. The zero-order valence-electron chi connectivity index (χ0n) is 16.3. The van der Waals surface area contributed by atoms with Crippen LogP contribution in [0.4, 0.5) is 13.2 Å². The number of rotatable bonds is 9. The molecule has 0 bridgehead atoms. The van der Waals surface area contributed by atoms with Gasteiger partial charge in [-0.2, -0.15) is 0 Å². The van der Waals surface area contributed by atoms with E-state index in [1.807, 2.05) is 0 Å². The van der Waals surface area contributed by atoms with Gasteiger partial charge >= 0.3 is 6.36 Å². The minimum absolute atomic E-state index is 0.161. The smallest absolute Gasteiger partial charge is 0.493 e. The molecule has 0 aromatic heterocycles. The van der Waals surface area contributed by atoms with Crippen molar-refractivity contribution < 1.29 is 37.0 Å². The van der Waals surface area contributed by atoms with Gasteiger partial charge in [0.15, 0.2) is 23.9 Å². The van der Waals surface area contributed by atoms with Gasteiger partial charge in [-0.05, 0) is 55.0 Å². The van der Waals surface area contributed by atoms with Gasteiger partial charge < -0.3 is 19.5 Å². The number of nitrogens with one attached hydrogen (secondary N) is 1. The third-order valence-corrected chi connectivity index (χ3v) is 3.72. The highest BCUT2D eigenvalue weighted by atomic mass is 19.4. The first-order valence-electron chi connectivity index (χ1n) is 8.87. The van der Waals surface area contributed by atoms with Gasteiger partial charge in [-0.1, -0.05) is 12.1 Å². The summed E-state index contributed by atoms with van der Waals surface area (Å²) in [5, 5.41) is 2.61. The number of carbonyl (C=O) groups excluding carboxylic acids is 2. The SMILES string of the molecule is CCNC(=O)COc1ccc(C=CC(=O)c2ccc(OC(F)(F)F)cc2)cc1OC. The second-order valence-corrected chi connectivity index (χ2v) is 5.92. The number of amides is 1. The summed E-state index contributed by atoms with van der Waals surface area (Å²) in [6.07, 6.45) is -1.98. The number of hydrogen-bond acceptors (Lipinski definition) is 5. The average Bonchev–Trinajstić information content (AvgIpc) is 2.70. The Morgan fingerprint density at radius 1 is 1.07 bits per heavy atom. The lowest BCUT2D eigenvalue weighted by Crippen LogP contribution is -2.28. The molecule has 30 heavy (non-hydrogen) atoms. The van der Waals surface area contributed by atoms with Crippen LogP contribution < -0.4 is 19.5 Å². The fourth-order valence-electron chi connectivity index (χ4n) is 2.39. The van der Waals surface area contributed by atoms with Crippen LogP contribution in [0.3, 0.4) is 0 Å². The number of hydrogen-bond donors (Lipinski definition) is 1. The molecule has 0 saturated carbocycles. The Bertz CT molecular complexity index is 908. The minimum atomic E-state index is -4.79. The molecular formula is C21H20F3NO5. The maximum Gasteiger partial charge on any atom is 0.573 e. The Morgan fingerprint density at radius 2 is 1.77 bits per heavy atom. The molecule has 0 aliphatic heterocycles. The van der Waals surface area contributed by atoms with Crippen molar-refractivity contribution in [2.45, 2.75) is 13.3 Å². The minimum Gasteiger partial charge on any atom is -0.493 e. The molecule has 0 saturated heterocycles. The Kier molecular flexibility index (Phi) is 7.85. The van der Waals surface area contributed by atoms with E-state index in [0.29, 0.717) is 23.6 Å². The number of methoxy groups -OCH3 is 1. The summed E-state index contributed by atoms with van der Waals surface area (Å²) in [7, 11) is 1.44. The van der Waals surface area contributed by atoms with Crippen LogP contribution in [0.25, 0.3) is 6.08 Å². The Hall–Kier alpha value is -3.49. The van der Waals surface area contributed by atoms with Crippen LogP contribution in [0.1, 0.15) is 22.8 Å². The Morgan fingerprint density at radius 3 is 2.37 bits per heavy atom. The zero-order valence-corrected chi connectivity index (χ0v) is 16.3. The summed E-state index contributed by atoms with van der Waals surface area (Å²) in [5.41, 5.74) is 0.831. The number of likely N-dealkylation sites (N-methyl/N-ethyl adjacent to an activating group) is 1. The zero-order chi connectivity index (χ0) is 22.1. The summed E-state index contributed by atoms with van der Waals surface area (Å²) in [5.74, 6) is -0.323. The molecule has 1 N–H and O–H groups in total. The molecule has 2 rings (SSSR count). The van der Waals surface area contributed by atoms with Crippen LogP contribution in [0, 0.1) is 0 Å². The van der Waals surface area contributed by atoms with Crippen LogP contribution >= 0.6 is 0 Å². The molecular weight excluding hydrogens is 403 g/mol. The van der Waals surface area contributed by atoms with Crippen LogP contribution in [-0.2, 0) is 4.79 Å². The molecule has 0 aliphatic rings. The highest BCUT2D eigenvalue weighted by Gasteiger charge is 2.31. The second-order valence-electron chi connectivity index (χ2n) is 5.92. The Labute approximate surface area is 171 Å². The molecule has 6 nitrogen and oxygen atoms in total. The largest absolute Gasteiger partial charge is 0.573 e. The first kappa shape index (κ1) is 22.8. The third-order valence-electron chi connectivity index (χ3n) is 3.72. The number of allylic oxidation sites excluding steroid dienone is 1. The molecule has 0 aliphatic carbocycles. The molecule has 0 unspecified atom stereocenters. The van der Waals surface area contributed by atoms with Gasteiger partial charge in [0.1, 0.15) is 5.75 Å². The predicted octanol–water partition coefficient (Wildman–Crippen LogP) is 4.00. The van der Waals surface area contributed by atoms with E-state index in [-0.39, 0.29) is 18.1 Å². The standard InChI is InChI=1S/C21H20F3NO5/c1-3-25-20(27)13-29-18-11-5-14(12-19(18)28-2)4-10-17(26)15-6-8-16(9-7-15)30-21(22,23)24/h4-12H,3,13H2,1-2H3,(H,25,27). The van der Waals surface area contributed by atoms with Crippen molar-refractivity contribution in [2.75, 3.05) is 20.3 Å². The van der Waals surface area contributed by atoms with Crippen molar-refractivity contribution in [3.8, 4) is 17.2 Å². The molecule has 9 heteroatoms. The lowest BCUT2D eigenvalue weighted by molar-refractivity contribution is -0.274. The number of ether oxygens (including phenoxy) is 3. The summed E-state index contributed by atoms with van der Waals surface area (Å²) in [4.78, 5) is 23.7. The molecule has 0 heterocycles. The van der Waals surface area contributed by atoms with E-state index in [2.05, 4.69) is 10.1 Å². The van der Waals surface area contributed by atoms with Gasteiger partial charge in [-0.3, -0.25) is 9.59 Å². The van der Waals surface area contributed by atoms with Crippen molar-refractivity contribution in [3.63, 3.8) is 0 Å². The van der Waals surface area contributed by atoms with Crippen molar-refractivity contribution in [1.82, 2.24) is 5.32 Å². The number of alkyl halides is 3. The second kappa shape index (κ2) is 10.3. The van der Waals surface area contributed by atoms with Gasteiger partial charge in [0.25, 0.3) is 5.91 Å². The molecule has 0 atom stereocenters. The third kappa shape index (κ3) is 7.16. The number of carbonyl (C=O) groups is 2. The van der Waals surface area contributed by atoms with E-state index in [9.17, 15) is 22.8 Å². The maximum absolute atomic E-state index is 12.2. The van der Waals surface area contributed by atoms with Gasteiger partial charge in [0, 0.05) is 12.1 Å². The van der Waals surface area contributed by atoms with Crippen LogP contribution in [0.5, 0.6) is 17.2 Å². The summed E-state index contributed by atoms with van der Waals surface area (Å²) >= 11 is 0. The maximum atomic E-state index is 12.2. The van der Waals surface area contributed by atoms with Gasteiger partial charge in [0.05, 0.1) is 7.11 Å². The number of ketones is 1. The first-order valence-corrected chi connectivity index (χ1v) is 8.87. The Balaban J connectivity index is 2.04. The van der Waals surface area contributed by atoms with Crippen LogP contribution in [0.15, 0.2) is 48.5 Å². The summed E-state index contributed by atoms with van der Waals surface area (Å²) in [6, 6.07) is 9.51. The monoisotopic (exact) mass is 423 g/mol. The number of halogens is 3. The van der Waals surface area contributed by atoms with Crippen molar-refractivity contribution in [1.29, 1.82) is 0 Å². The van der Waals surface area contributed by atoms with Crippen molar-refractivity contribution in [2.24, 2.45) is 0 Å². The van der Waals surface area contributed by atoms with E-state index >= 15 is 0 Å². The van der Waals surface area contributed by atoms with Gasteiger partial charge in [-0.25, -0.2) is 0 Å². The lowest BCUT2D eigenvalue weighted by atomic mass is 10.1. The van der Waals surface area contributed by atoms with E-state index in [0.717, 1.165) is 12.1 Å². The molecule has 160 valence electrons. The molecule has 2 aromatic carbocycles. The van der Waals surface area contributed by atoms with E-state index in [1.165, 1.54) is 31.4 Å². The fraction of sp³-hybridized carbons (Fsp3) is 0.238. The average molecular weight is 423 g/mol. The van der Waals surface area contributed by atoms with E-state index in [1.54, 1.807) is 25.1 Å². The highest BCUT2D eigenvalue weighted by molar-refractivity contribution is 6.06.